The lowest BCUT2D eigenvalue weighted by molar-refractivity contribution is 0.219. The van der Waals surface area contributed by atoms with E-state index in [1.165, 1.54) is 12.8 Å². The maximum Gasteiger partial charge on any atom is -0.0417 e. The number of hydrogen-bond acceptors (Lipinski definition) is 0. The highest BCUT2D eigenvalue weighted by atomic mass is 14.3. The minimum atomic E-state index is 1.03. The smallest absolute Gasteiger partial charge is 0.0417 e. The van der Waals surface area contributed by atoms with Gasteiger partial charge >= 0.3 is 0 Å². The molecule has 1 saturated carbocycles. The van der Waals surface area contributed by atoms with Crippen LogP contribution in [0, 0.1) is 11.8 Å². The van der Waals surface area contributed by atoms with Crippen LogP contribution in [-0.4, -0.2) is 0 Å². The number of rotatable bonds is 0. The molecular formula is C6H12. The molecule has 0 nitrogen and oxygen atoms in total. The van der Waals surface area contributed by atoms with Gasteiger partial charge < -0.3 is 0 Å². The summed E-state index contributed by atoms with van der Waals surface area (Å²) in [6.07, 6.45) is 2.95. The average molecular weight is 84.2 g/mol. The second-order valence-corrected chi connectivity index (χ2v) is 2.53. The highest BCUT2D eigenvalue weighted by Crippen LogP contribution is 2.32. The van der Waals surface area contributed by atoms with Gasteiger partial charge in [-0.3, -0.25) is 0 Å². The van der Waals surface area contributed by atoms with Crippen LogP contribution < -0.4 is 0 Å². The first-order chi connectivity index (χ1) is 2.80. The maximum absolute atomic E-state index is 2.33. The van der Waals surface area contributed by atoms with Gasteiger partial charge in [0.2, 0.25) is 0 Å². The van der Waals surface area contributed by atoms with Crippen LogP contribution in [0.5, 0.6) is 0 Å². The first-order valence-electron chi connectivity index (χ1n) is 2.80. The average Bonchev–Trinajstić information content (AvgIpc) is 1.61. The second kappa shape index (κ2) is 1.25. The first-order valence-corrected chi connectivity index (χ1v) is 2.80. The third-order valence-corrected chi connectivity index (χ3v) is 2.05. The molecule has 0 aromatic rings. The standard InChI is InChI=1S/C6H12/c1-5-3-4-6(5)2/h5-6H,3-4H2,1-2H3/t5-,6?/m0/s1. The Morgan fingerprint density at radius 1 is 1.00 bits per heavy atom. The Bertz CT molecular complexity index is 40.0. The van der Waals surface area contributed by atoms with Gasteiger partial charge in [-0.2, -0.15) is 0 Å². The van der Waals surface area contributed by atoms with E-state index in [1.54, 1.807) is 0 Å². The molecule has 1 rings (SSSR count). The minimum absolute atomic E-state index is 1.03. The molecule has 0 heterocycles. The lowest BCUT2D eigenvalue weighted by atomic mass is 9.77. The zero-order chi connectivity index (χ0) is 4.57. The molecule has 0 radical (unpaired) electrons. The summed E-state index contributed by atoms with van der Waals surface area (Å²) in [5.41, 5.74) is 0. The van der Waals surface area contributed by atoms with Crippen LogP contribution in [0.4, 0.5) is 0 Å². The molecule has 0 aromatic carbocycles. The number of hydrogen-bond donors (Lipinski definition) is 0. The fourth-order valence-electron chi connectivity index (χ4n) is 0.833. The molecule has 0 aliphatic heterocycles. The van der Waals surface area contributed by atoms with Crippen molar-refractivity contribution in [1.82, 2.24) is 0 Å². The molecule has 6 heavy (non-hydrogen) atoms. The van der Waals surface area contributed by atoms with Gasteiger partial charge in [0.1, 0.15) is 0 Å². The molecule has 2 atom stereocenters. The molecule has 0 saturated heterocycles. The molecule has 1 aliphatic rings. The highest BCUT2D eigenvalue weighted by Gasteiger charge is 2.20. The lowest BCUT2D eigenvalue weighted by Gasteiger charge is -2.29. The Kier molecular flexibility index (Phi) is 0.868. The van der Waals surface area contributed by atoms with Crippen LogP contribution in [0.2, 0.25) is 0 Å². The van der Waals surface area contributed by atoms with E-state index in [0.29, 0.717) is 0 Å². The molecule has 0 amide bonds. The van der Waals surface area contributed by atoms with Gasteiger partial charge in [0.25, 0.3) is 0 Å². The van der Waals surface area contributed by atoms with E-state index < -0.39 is 0 Å². The van der Waals surface area contributed by atoms with E-state index in [9.17, 15) is 0 Å². The first kappa shape index (κ1) is 4.17. The van der Waals surface area contributed by atoms with Crippen LogP contribution >= 0.6 is 0 Å². The quantitative estimate of drug-likeness (QED) is 0.421. The van der Waals surface area contributed by atoms with Gasteiger partial charge in [-0.15, -0.1) is 0 Å². The summed E-state index contributed by atoms with van der Waals surface area (Å²) < 4.78 is 0. The molecular weight excluding hydrogens is 72.1 g/mol. The Morgan fingerprint density at radius 3 is 1.33 bits per heavy atom. The predicted molar refractivity (Wildman–Crippen MR) is 27.6 cm³/mol. The van der Waals surface area contributed by atoms with Crippen molar-refractivity contribution >= 4 is 0 Å². The van der Waals surface area contributed by atoms with E-state index in [0.717, 1.165) is 11.8 Å². The Morgan fingerprint density at radius 2 is 1.33 bits per heavy atom. The fourth-order valence-corrected chi connectivity index (χ4v) is 0.833. The van der Waals surface area contributed by atoms with Crippen molar-refractivity contribution < 1.29 is 0 Å². The van der Waals surface area contributed by atoms with Crippen molar-refractivity contribution in [1.29, 1.82) is 0 Å². The van der Waals surface area contributed by atoms with Gasteiger partial charge in [-0.05, 0) is 11.8 Å². The molecule has 0 bridgehead atoms. The summed E-state index contributed by atoms with van der Waals surface area (Å²) >= 11 is 0. The Hall–Kier alpha value is 0. The van der Waals surface area contributed by atoms with Gasteiger partial charge in [0, 0.05) is 0 Å². The van der Waals surface area contributed by atoms with Crippen LogP contribution in [0.1, 0.15) is 26.7 Å². The molecule has 1 unspecified atom stereocenters. The molecule has 0 aromatic heterocycles. The van der Waals surface area contributed by atoms with Gasteiger partial charge in [-0.25, -0.2) is 0 Å². The minimum Gasteiger partial charge on any atom is -0.0623 e. The van der Waals surface area contributed by atoms with Crippen LogP contribution in [0.3, 0.4) is 0 Å². The summed E-state index contributed by atoms with van der Waals surface area (Å²) in [6.45, 7) is 4.66. The second-order valence-electron chi connectivity index (χ2n) is 2.53. The van der Waals surface area contributed by atoms with E-state index >= 15 is 0 Å². The van der Waals surface area contributed by atoms with Crippen molar-refractivity contribution in [2.24, 2.45) is 11.8 Å². The van der Waals surface area contributed by atoms with Gasteiger partial charge in [-0.1, -0.05) is 26.7 Å². The van der Waals surface area contributed by atoms with E-state index in [4.69, 9.17) is 0 Å². The lowest BCUT2D eigenvalue weighted by Crippen LogP contribution is -2.18. The Balaban J connectivity index is 2.20. The molecule has 0 spiro atoms. The predicted octanol–water partition coefficient (Wildman–Crippen LogP) is 2.05. The van der Waals surface area contributed by atoms with Crippen LogP contribution in [0.15, 0.2) is 0 Å². The highest BCUT2D eigenvalue weighted by molar-refractivity contribution is 4.71. The Labute approximate surface area is 39.6 Å². The van der Waals surface area contributed by atoms with Crippen molar-refractivity contribution in [2.45, 2.75) is 26.7 Å². The molecule has 36 valence electrons. The van der Waals surface area contributed by atoms with Crippen molar-refractivity contribution in [3.05, 3.63) is 0 Å². The SMILES string of the molecule is CC1CC[C@@H]1C. The molecule has 0 heteroatoms. The van der Waals surface area contributed by atoms with Crippen molar-refractivity contribution in [3.8, 4) is 0 Å². The summed E-state index contributed by atoms with van der Waals surface area (Å²) in [7, 11) is 0. The molecule has 1 fully saturated rings. The third kappa shape index (κ3) is 0.444. The van der Waals surface area contributed by atoms with Crippen molar-refractivity contribution in [3.63, 3.8) is 0 Å². The van der Waals surface area contributed by atoms with E-state index in [1.807, 2.05) is 0 Å². The zero-order valence-electron chi connectivity index (χ0n) is 4.57. The summed E-state index contributed by atoms with van der Waals surface area (Å²) in [4.78, 5) is 0. The molecule has 0 N–H and O–H groups in total. The van der Waals surface area contributed by atoms with Crippen molar-refractivity contribution in [2.75, 3.05) is 0 Å². The van der Waals surface area contributed by atoms with E-state index in [-0.39, 0.29) is 0 Å². The summed E-state index contributed by atoms with van der Waals surface area (Å²) in [6, 6.07) is 0. The normalized spacial score (nSPS) is 45.0. The monoisotopic (exact) mass is 84.1 g/mol. The summed E-state index contributed by atoms with van der Waals surface area (Å²) in [5.74, 6) is 2.06. The fraction of sp³-hybridized carbons (Fsp3) is 1.00. The largest absolute Gasteiger partial charge is 0.0623 e. The van der Waals surface area contributed by atoms with Crippen LogP contribution in [0.25, 0.3) is 0 Å². The summed E-state index contributed by atoms with van der Waals surface area (Å²) in [5, 5.41) is 0. The zero-order valence-corrected chi connectivity index (χ0v) is 4.57. The van der Waals surface area contributed by atoms with Gasteiger partial charge in [0.05, 0.1) is 0 Å². The van der Waals surface area contributed by atoms with Crippen LogP contribution in [-0.2, 0) is 0 Å². The maximum atomic E-state index is 2.33. The molecule has 1 aliphatic carbocycles. The topological polar surface area (TPSA) is 0 Å². The van der Waals surface area contributed by atoms with E-state index in [2.05, 4.69) is 13.8 Å². The third-order valence-electron chi connectivity index (χ3n) is 2.05. The van der Waals surface area contributed by atoms with Gasteiger partial charge in [0.15, 0.2) is 0 Å².